The number of quaternary nitrogens is 1. The molecule has 0 aromatic heterocycles. The van der Waals surface area contributed by atoms with Gasteiger partial charge in [0.2, 0.25) is 0 Å². The molecule has 2 N–H and O–H groups in total. The van der Waals surface area contributed by atoms with Gasteiger partial charge in [0.1, 0.15) is 0 Å². The summed E-state index contributed by atoms with van der Waals surface area (Å²) >= 11 is -6.11. The van der Waals surface area contributed by atoms with Crippen molar-refractivity contribution in [2.75, 3.05) is 13.6 Å². The summed E-state index contributed by atoms with van der Waals surface area (Å²) in [6.07, 6.45) is 25.5. The third-order valence-corrected chi connectivity index (χ3v) is 4.76. The number of hydrogen-bond donors (Lipinski definition) is 1. The van der Waals surface area contributed by atoms with Crippen LogP contribution in [-0.4, -0.2) is 13.6 Å². The fourth-order valence-corrected chi connectivity index (χ4v) is 2.84. The Morgan fingerprint density at radius 2 is 0.677 bits per heavy atom. The second-order valence-corrected chi connectivity index (χ2v) is 10.9. The summed E-state index contributed by atoms with van der Waals surface area (Å²) in [4.78, 5) is 0. The number of unbranched alkanes of at least 4 members (excludes halogenated alkanes) is 15. The Morgan fingerprint density at radius 1 is 0.484 bits per heavy atom. The zero-order chi connectivity index (χ0) is 24.6. The maximum atomic E-state index is 8.64. The molecule has 194 valence electrons. The zero-order valence-corrected chi connectivity index (χ0v) is 24.7. The molecule has 5 nitrogen and oxygen atoms in total. The van der Waals surface area contributed by atoms with Gasteiger partial charge in [-0.1, -0.05) is 137 Å². The van der Waals surface area contributed by atoms with Gasteiger partial charge in [0, 0.05) is 0 Å². The van der Waals surface area contributed by atoms with Crippen LogP contribution >= 0.6 is 0 Å². The molecule has 0 aromatic rings. The Balaban J connectivity index is -0.000000161. The minimum absolute atomic E-state index is 1.31. The van der Waals surface area contributed by atoms with Gasteiger partial charge in [-0.3, -0.25) is 0 Å². The van der Waals surface area contributed by atoms with E-state index in [2.05, 4.69) is 47.0 Å². The van der Waals surface area contributed by atoms with Crippen molar-refractivity contribution in [3.63, 3.8) is 0 Å². The van der Waals surface area contributed by atoms with Crippen molar-refractivity contribution in [3.8, 4) is 0 Å². The van der Waals surface area contributed by atoms with Crippen LogP contribution in [-0.2, 0) is 26.2 Å². The monoisotopic (exact) mass is 623 g/mol. The van der Waals surface area contributed by atoms with E-state index in [4.69, 9.17) is 14.2 Å². The molecule has 0 heterocycles. The predicted molar refractivity (Wildman–Crippen MR) is 126 cm³/mol. The van der Waals surface area contributed by atoms with Crippen LogP contribution in [0.4, 0.5) is 0 Å². The third-order valence-electron chi connectivity index (χ3n) is 4.76. The Kier molecular flexibility index (Phi) is 46.0. The van der Waals surface area contributed by atoms with Crippen LogP contribution in [0.3, 0.4) is 0 Å². The van der Waals surface area contributed by atoms with Gasteiger partial charge >= 0.3 is 30.0 Å². The van der Waals surface area contributed by atoms with Crippen LogP contribution in [0.25, 0.3) is 0 Å². The van der Waals surface area contributed by atoms with E-state index in [1.54, 1.807) is 0 Å². The molecule has 0 aliphatic carbocycles. The van der Waals surface area contributed by atoms with Crippen molar-refractivity contribution in [1.82, 2.24) is 0 Å². The van der Waals surface area contributed by atoms with E-state index < -0.39 is 15.8 Å². The molecule has 0 rings (SSSR count). The van der Waals surface area contributed by atoms with Gasteiger partial charge in [-0.05, 0) is 12.8 Å². The summed E-state index contributed by atoms with van der Waals surface area (Å²) in [5.74, 6) is 0. The molecular formula is C25H58NO4Re. The van der Waals surface area contributed by atoms with E-state index in [1.165, 1.54) is 122 Å². The molecule has 0 aliphatic heterocycles. The third kappa shape index (κ3) is 81.4. The molecule has 0 atom stereocenters. The number of rotatable bonds is 17. The zero-order valence-electron chi connectivity index (χ0n) is 22.0. The average molecular weight is 623 g/mol. The van der Waals surface area contributed by atoms with E-state index in [9.17, 15) is 0 Å². The van der Waals surface area contributed by atoms with Crippen molar-refractivity contribution in [2.45, 2.75) is 150 Å². The van der Waals surface area contributed by atoms with Gasteiger partial charge in [0.25, 0.3) is 0 Å². The predicted octanol–water partition coefficient (Wildman–Crippen LogP) is 6.73. The fourth-order valence-electron chi connectivity index (χ4n) is 2.84. The van der Waals surface area contributed by atoms with E-state index in [1.807, 2.05) is 0 Å². The first-order valence-electron chi connectivity index (χ1n) is 13.1. The van der Waals surface area contributed by atoms with Crippen molar-refractivity contribution in [1.29, 1.82) is 0 Å². The maximum absolute atomic E-state index is 8.64. The van der Waals surface area contributed by atoms with E-state index in [0.717, 1.165) is 0 Å². The first-order chi connectivity index (χ1) is 14.7. The molecule has 0 aromatic carbocycles. The molecule has 0 bridgehead atoms. The molecule has 0 fully saturated rings. The van der Waals surface area contributed by atoms with Crippen molar-refractivity contribution >= 4 is 0 Å². The van der Waals surface area contributed by atoms with E-state index in [0.29, 0.717) is 0 Å². The van der Waals surface area contributed by atoms with Crippen molar-refractivity contribution in [3.05, 3.63) is 0 Å². The Hall–Kier alpha value is -0.0177. The number of hydrogen-bond acceptors (Lipinski definition) is 4. The van der Waals surface area contributed by atoms with E-state index >= 15 is 0 Å². The Labute approximate surface area is 198 Å². The molecule has 31 heavy (non-hydrogen) atoms. The fraction of sp³-hybridized carbons (Fsp3) is 1.00. The van der Waals surface area contributed by atoms with Crippen LogP contribution in [0.5, 0.6) is 0 Å². The van der Waals surface area contributed by atoms with Gasteiger partial charge in [-0.15, -0.1) is 0 Å². The van der Waals surface area contributed by atoms with Crippen LogP contribution in [0.1, 0.15) is 150 Å². The molecule has 0 spiro atoms. The number of nitrogens with two attached hydrogens (primary N) is 1. The summed E-state index contributed by atoms with van der Waals surface area (Å²) in [6.45, 7) is 12.6. The van der Waals surface area contributed by atoms with Gasteiger partial charge in [-0.25, -0.2) is 0 Å². The average Bonchev–Trinajstić information content (AvgIpc) is 2.71. The second-order valence-electron chi connectivity index (χ2n) is 8.17. The van der Waals surface area contributed by atoms with E-state index in [-0.39, 0.29) is 0 Å². The van der Waals surface area contributed by atoms with Gasteiger partial charge in [0.15, 0.2) is 0 Å². The van der Waals surface area contributed by atoms with Crippen LogP contribution in [0, 0.1) is 0 Å². The molecule has 6 heteroatoms. The summed E-state index contributed by atoms with van der Waals surface area (Å²) in [6, 6.07) is 0. The first-order valence-corrected chi connectivity index (χ1v) is 17.6. The first kappa shape index (κ1) is 38.3. The Bertz CT molecular complexity index is 374. The SMILES string of the molecule is CCCCCCCC.CCCCCCCC.CCCCCCCC[NH2+]C.[O]=[Re](=[O])(=[O])[O-]. The summed E-state index contributed by atoms with van der Waals surface area (Å²) in [7, 11) is 2.14. The molecular weight excluding hydrogens is 564 g/mol. The minimum atomic E-state index is -6.11. The van der Waals surface area contributed by atoms with Gasteiger partial charge < -0.3 is 5.32 Å². The van der Waals surface area contributed by atoms with Crippen LogP contribution in [0.15, 0.2) is 0 Å². The quantitative estimate of drug-likeness (QED) is 0.182. The van der Waals surface area contributed by atoms with Crippen molar-refractivity contribution in [2.24, 2.45) is 0 Å². The topological polar surface area (TPSA) is 90.9 Å². The molecule has 0 saturated carbocycles. The molecule has 0 aliphatic rings. The van der Waals surface area contributed by atoms with Gasteiger partial charge in [0.05, 0.1) is 13.6 Å². The molecule has 0 unspecified atom stereocenters. The second kappa shape index (κ2) is 37.3. The summed E-state index contributed by atoms with van der Waals surface area (Å²) in [5, 5.41) is 2.26. The van der Waals surface area contributed by atoms with Gasteiger partial charge in [-0.2, -0.15) is 0 Å². The molecule has 0 radical (unpaired) electrons. The summed E-state index contributed by atoms with van der Waals surface area (Å²) < 4.78 is 34.6. The summed E-state index contributed by atoms with van der Waals surface area (Å²) in [5.41, 5.74) is 0. The van der Waals surface area contributed by atoms with Crippen molar-refractivity contribution < 1.29 is 35.3 Å². The normalized spacial score (nSPS) is 10.2. The van der Waals surface area contributed by atoms with Crippen LogP contribution in [0.2, 0.25) is 0 Å². The molecule has 0 saturated heterocycles. The Morgan fingerprint density at radius 3 is 0.871 bits per heavy atom. The van der Waals surface area contributed by atoms with Crippen LogP contribution < -0.4 is 9.15 Å². The standard InChI is InChI=1S/C9H21N.2C8H18.4O.Re/c1-3-4-5-6-7-8-9-10-2;2*1-3-5-7-8-6-4-2;;;;;/h10H,3-9H2,1-2H3;2*3-8H2,1-2H3;;;;;/q;;;;;;-1;/p+1. The molecule has 0 amide bonds.